The molecule has 1 heterocycles. The Morgan fingerprint density at radius 1 is 1.38 bits per heavy atom. The van der Waals surface area contributed by atoms with E-state index in [0.29, 0.717) is 6.54 Å². The summed E-state index contributed by atoms with van der Waals surface area (Å²) in [7, 11) is 0. The van der Waals surface area contributed by atoms with Gasteiger partial charge in [0.15, 0.2) is 12.7 Å². The van der Waals surface area contributed by atoms with E-state index in [1.165, 1.54) is 24.3 Å². The summed E-state index contributed by atoms with van der Waals surface area (Å²) in [6.07, 6.45) is -0.954. The van der Waals surface area contributed by atoms with Crippen LogP contribution in [0.25, 0.3) is 0 Å². The molecule has 0 unspecified atom stereocenters. The van der Waals surface area contributed by atoms with Crippen LogP contribution in [0.4, 0.5) is 4.39 Å². The largest absolute Gasteiger partial charge is 0.480 e. The van der Waals surface area contributed by atoms with E-state index in [1.807, 2.05) is 17.5 Å². The Balaban J connectivity index is 1.75. The first-order chi connectivity index (χ1) is 11.5. The predicted molar refractivity (Wildman–Crippen MR) is 88.6 cm³/mol. The third-order valence-corrected chi connectivity index (χ3v) is 4.11. The lowest BCUT2D eigenvalue weighted by Crippen LogP contribution is -2.36. The third kappa shape index (κ3) is 5.50. The molecule has 0 saturated carbocycles. The number of benzene rings is 1. The summed E-state index contributed by atoms with van der Waals surface area (Å²) in [5, 5.41) is 4.62. The van der Waals surface area contributed by atoms with Crippen molar-refractivity contribution in [1.82, 2.24) is 5.32 Å². The highest BCUT2D eigenvalue weighted by molar-refractivity contribution is 7.09. The highest BCUT2D eigenvalue weighted by Gasteiger charge is 2.18. The second-order valence-corrected chi connectivity index (χ2v) is 6.23. The molecule has 24 heavy (non-hydrogen) atoms. The number of hydrogen-bond donors (Lipinski definition) is 1. The van der Waals surface area contributed by atoms with Gasteiger partial charge in [0.05, 0.1) is 11.6 Å². The number of esters is 1. The third-order valence-electron chi connectivity index (χ3n) is 2.93. The van der Waals surface area contributed by atoms with E-state index >= 15 is 0 Å². The van der Waals surface area contributed by atoms with Crippen molar-refractivity contribution in [2.24, 2.45) is 0 Å². The molecular weight excluding hydrogens is 357 g/mol. The lowest BCUT2D eigenvalue weighted by molar-refractivity contribution is -0.156. The Kier molecular flexibility index (Phi) is 6.57. The number of nitrogens with one attached hydrogen (secondary N) is 1. The van der Waals surface area contributed by atoms with E-state index in [0.717, 1.165) is 17.0 Å². The number of hydrogen-bond acceptors (Lipinski definition) is 5. The van der Waals surface area contributed by atoms with Gasteiger partial charge in [0.1, 0.15) is 11.6 Å². The number of carbonyl (C=O) groups excluding carboxylic acids is 2. The Morgan fingerprint density at radius 2 is 2.17 bits per heavy atom. The second-order valence-electron chi connectivity index (χ2n) is 4.79. The molecule has 8 heteroatoms. The van der Waals surface area contributed by atoms with Crippen LogP contribution in [0.2, 0.25) is 5.02 Å². The molecule has 1 N–H and O–H groups in total. The molecule has 0 fully saturated rings. The number of rotatable bonds is 7. The molecule has 0 aliphatic rings. The zero-order chi connectivity index (χ0) is 17.5. The van der Waals surface area contributed by atoms with E-state index in [-0.39, 0.29) is 10.8 Å². The molecule has 0 spiro atoms. The van der Waals surface area contributed by atoms with Gasteiger partial charge in [-0.05, 0) is 36.6 Å². The average Bonchev–Trinajstić information content (AvgIpc) is 3.05. The number of ether oxygens (including phenoxy) is 2. The number of halogens is 2. The fourth-order valence-corrected chi connectivity index (χ4v) is 2.61. The Morgan fingerprint density at radius 3 is 2.83 bits per heavy atom. The van der Waals surface area contributed by atoms with Crippen molar-refractivity contribution in [3.8, 4) is 5.75 Å². The maximum Gasteiger partial charge on any atom is 0.344 e. The zero-order valence-electron chi connectivity index (χ0n) is 12.8. The Labute approximate surface area is 147 Å². The van der Waals surface area contributed by atoms with Gasteiger partial charge in [-0.2, -0.15) is 0 Å². The Hall–Kier alpha value is -2.12. The summed E-state index contributed by atoms with van der Waals surface area (Å²) < 4.78 is 23.0. The molecule has 0 radical (unpaired) electrons. The first-order valence-electron chi connectivity index (χ1n) is 7.03. The first-order valence-corrected chi connectivity index (χ1v) is 8.29. The van der Waals surface area contributed by atoms with Crippen molar-refractivity contribution in [3.05, 3.63) is 51.4 Å². The molecule has 1 amide bonds. The minimum absolute atomic E-state index is 0.0459. The van der Waals surface area contributed by atoms with Crippen LogP contribution in [-0.4, -0.2) is 24.6 Å². The minimum Gasteiger partial charge on any atom is -0.480 e. The summed E-state index contributed by atoms with van der Waals surface area (Å²) in [6, 6.07) is 7.31. The van der Waals surface area contributed by atoms with Gasteiger partial charge >= 0.3 is 5.97 Å². The predicted octanol–water partition coefficient (Wildman–Crippen LogP) is 3.17. The number of thiophene rings is 1. The second kappa shape index (κ2) is 8.65. The molecule has 0 aliphatic heterocycles. The normalized spacial score (nSPS) is 11.6. The lowest BCUT2D eigenvalue weighted by atomic mass is 10.3. The first kappa shape index (κ1) is 18.2. The SMILES string of the molecule is C[C@@H](OC(=O)COc1ccc(F)cc1Cl)C(=O)NCc1cccs1. The van der Waals surface area contributed by atoms with Crippen molar-refractivity contribution in [2.45, 2.75) is 19.6 Å². The molecule has 2 aromatic rings. The van der Waals surface area contributed by atoms with E-state index in [1.54, 1.807) is 0 Å². The summed E-state index contributed by atoms with van der Waals surface area (Å²) in [5.41, 5.74) is 0. The maximum absolute atomic E-state index is 12.9. The quantitative estimate of drug-likeness (QED) is 0.759. The summed E-state index contributed by atoms with van der Waals surface area (Å²) >= 11 is 7.30. The highest BCUT2D eigenvalue weighted by atomic mass is 35.5. The minimum atomic E-state index is -0.954. The maximum atomic E-state index is 12.9. The summed E-state index contributed by atoms with van der Waals surface area (Å²) in [6.45, 7) is 1.40. The smallest absolute Gasteiger partial charge is 0.344 e. The Bertz CT molecular complexity index is 708. The van der Waals surface area contributed by atoms with Crippen LogP contribution < -0.4 is 10.1 Å². The van der Waals surface area contributed by atoms with E-state index < -0.39 is 30.4 Å². The van der Waals surface area contributed by atoms with Crippen LogP contribution in [0.1, 0.15) is 11.8 Å². The fourth-order valence-electron chi connectivity index (χ4n) is 1.74. The summed E-state index contributed by atoms with van der Waals surface area (Å²) in [4.78, 5) is 24.5. The van der Waals surface area contributed by atoms with E-state index in [4.69, 9.17) is 21.1 Å². The molecule has 1 aromatic carbocycles. The molecule has 0 saturated heterocycles. The molecule has 0 aliphatic carbocycles. The molecule has 1 atom stereocenters. The van der Waals surface area contributed by atoms with Gasteiger partial charge in [0, 0.05) is 4.88 Å². The van der Waals surface area contributed by atoms with Crippen molar-refractivity contribution in [3.63, 3.8) is 0 Å². The van der Waals surface area contributed by atoms with Crippen LogP contribution in [0.3, 0.4) is 0 Å². The zero-order valence-corrected chi connectivity index (χ0v) is 14.3. The van der Waals surface area contributed by atoms with Gasteiger partial charge in [-0.1, -0.05) is 17.7 Å². The van der Waals surface area contributed by atoms with Crippen molar-refractivity contribution < 1.29 is 23.5 Å². The standard InChI is InChI=1S/C16H15ClFNO4S/c1-10(16(21)19-8-12-3-2-6-24-12)23-15(20)9-22-14-5-4-11(18)7-13(14)17/h2-7,10H,8-9H2,1H3,(H,19,21)/t10-/m1/s1. The van der Waals surface area contributed by atoms with Crippen molar-refractivity contribution in [2.75, 3.05) is 6.61 Å². The van der Waals surface area contributed by atoms with E-state index in [9.17, 15) is 14.0 Å². The topological polar surface area (TPSA) is 64.6 Å². The van der Waals surface area contributed by atoms with Crippen LogP contribution in [0.5, 0.6) is 5.75 Å². The van der Waals surface area contributed by atoms with Crippen LogP contribution in [-0.2, 0) is 20.9 Å². The van der Waals surface area contributed by atoms with Crippen LogP contribution in [0, 0.1) is 5.82 Å². The van der Waals surface area contributed by atoms with Gasteiger partial charge in [0.25, 0.3) is 5.91 Å². The molecule has 0 bridgehead atoms. The van der Waals surface area contributed by atoms with Crippen molar-refractivity contribution in [1.29, 1.82) is 0 Å². The van der Waals surface area contributed by atoms with Crippen LogP contribution >= 0.6 is 22.9 Å². The van der Waals surface area contributed by atoms with Gasteiger partial charge in [0.2, 0.25) is 0 Å². The van der Waals surface area contributed by atoms with Gasteiger partial charge in [-0.3, -0.25) is 4.79 Å². The lowest BCUT2D eigenvalue weighted by Gasteiger charge is -2.14. The molecular formula is C16H15ClFNO4S. The van der Waals surface area contributed by atoms with Crippen molar-refractivity contribution >= 4 is 34.8 Å². The summed E-state index contributed by atoms with van der Waals surface area (Å²) in [5.74, 6) is -1.48. The number of amides is 1. The monoisotopic (exact) mass is 371 g/mol. The average molecular weight is 372 g/mol. The fraction of sp³-hybridized carbons (Fsp3) is 0.250. The molecule has 5 nitrogen and oxygen atoms in total. The van der Waals surface area contributed by atoms with Gasteiger partial charge in [-0.25, -0.2) is 9.18 Å². The van der Waals surface area contributed by atoms with Crippen LogP contribution in [0.15, 0.2) is 35.7 Å². The number of carbonyl (C=O) groups is 2. The molecule has 2 rings (SSSR count). The highest BCUT2D eigenvalue weighted by Crippen LogP contribution is 2.24. The molecule has 1 aromatic heterocycles. The van der Waals surface area contributed by atoms with Gasteiger partial charge in [-0.15, -0.1) is 11.3 Å². The van der Waals surface area contributed by atoms with Gasteiger partial charge < -0.3 is 14.8 Å². The van der Waals surface area contributed by atoms with E-state index in [2.05, 4.69) is 5.32 Å². The molecule has 128 valence electrons.